The number of halogens is 1. The van der Waals surface area contributed by atoms with E-state index in [0.29, 0.717) is 11.3 Å². The number of para-hydroxylation sites is 1. The van der Waals surface area contributed by atoms with Crippen LogP contribution in [0.5, 0.6) is 5.75 Å². The third kappa shape index (κ3) is 3.93. The molecule has 0 unspecified atom stereocenters. The Balaban J connectivity index is 1.72. The topological polar surface area (TPSA) is 85.4 Å². The first-order chi connectivity index (χ1) is 11.4. The molecule has 0 saturated carbocycles. The lowest BCUT2D eigenvalue weighted by Gasteiger charge is -2.17. The number of hydrogen-bond donors (Lipinski definition) is 1. The Labute approximate surface area is 144 Å². The van der Waals surface area contributed by atoms with Crippen LogP contribution in [-0.2, 0) is 20.6 Å². The van der Waals surface area contributed by atoms with Gasteiger partial charge in [-0.3, -0.25) is 4.79 Å². The van der Waals surface area contributed by atoms with E-state index in [1.807, 2.05) is 16.9 Å². The van der Waals surface area contributed by atoms with Gasteiger partial charge in [0.2, 0.25) is 10.0 Å². The second-order valence-corrected chi connectivity index (χ2v) is 7.29. The van der Waals surface area contributed by atoms with Gasteiger partial charge in [0.1, 0.15) is 17.5 Å². The number of ether oxygens (including phenoxy) is 1. The van der Waals surface area contributed by atoms with Gasteiger partial charge >= 0.3 is 0 Å². The van der Waals surface area contributed by atoms with Gasteiger partial charge in [-0.2, -0.15) is 0 Å². The monoisotopic (exact) mass is 364 g/mol. The van der Waals surface area contributed by atoms with Crippen molar-refractivity contribution in [1.82, 2.24) is 9.71 Å². The summed E-state index contributed by atoms with van der Waals surface area (Å²) in [5.41, 5.74) is 1.40. The van der Waals surface area contributed by atoms with Gasteiger partial charge in [-0.25, -0.2) is 18.1 Å². The minimum atomic E-state index is -3.85. The zero-order valence-corrected chi connectivity index (χ0v) is 14.0. The van der Waals surface area contributed by atoms with Gasteiger partial charge in [0.05, 0.1) is 11.3 Å². The SMILES string of the molecule is O=C(NS(=O)(=O)Cc1ccc(Cl)nc1)C1=Cc2ccccc2OC1. The van der Waals surface area contributed by atoms with Crippen molar-refractivity contribution in [3.8, 4) is 5.75 Å². The summed E-state index contributed by atoms with van der Waals surface area (Å²) in [6, 6.07) is 10.2. The Morgan fingerprint density at radius 2 is 2.04 bits per heavy atom. The molecule has 1 aliphatic rings. The number of rotatable bonds is 4. The number of nitrogens with zero attached hydrogens (tertiary/aromatic N) is 1. The van der Waals surface area contributed by atoms with E-state index in [2.05, 4.69) is 4.98 Å². The number of carbonyl (C=O) groups is 1. The highest BCUT2D eigenvalue weighted by Crippen LogP contribution is 2.25. The van der Waals surface area contributed by atoms with E-state index in [1.54, 1.807) is 18.2 Å². The number of hydrogen-bond acceptors (Lipinski definition) is 5. The molecule has 0 aliphatic carbocycles. The third-order valence-electron chi connectivity index (χ3n) is 3.32. The van der Waals surface area contributed by atoms with Gasteiger partial charge in [-0.05, 0) is 23.8 Å². The highest BCUT2D eigenvalue weighted by molar-refractivity contribution is 7.89. The Hall–Kier alpha value is -2.38. The van der Waals surface area contributed by atoms with Crippen molar-refractivity contribution in [3.05, 3.63) is 64.4 Å². The molecule has 0 bridgehead atoms. The summed E-state index contributed by atoms with van der Waals surface area (Å²) in [5, 5.41) is 0.267. The van der Waals surface area contributed by atoms with Crippen molar-refractivity contribution in [2.24, 2.45) is 0 Å². The van der Waals surface area contributed by atoms with Crippen molar-refractivity contribution < 1.29 is 17.9 Å². The zero-order valence-electron chi connectivity index (χ0n) is 12.4. The molecule has 0 atom stereocenters. The first-order valence-electron chi connectivity index (χ1n) is 7.01. The number of sulfonamides is 1. The lowest BCUT2D eigenvalue weighted by atomic mass is 10.1. The van der Waals surface area contributed by atoms with Crippen LogP contribution in [0, 0.1) is 0 Å². The smallest absolute Gasteiger partial charge is 0.264 e. The summed E-state index contributed by atoms with van der Waals surface area (Å²) >= 11 is 5.66. The van der Waals surface area contributed by atoms with E-state index in [-0.39, 0.29) is 23.1 Å². The predicted molar refractivity (Wildman–Crippen MR) is 89.9 cm³/mol. The minimum absolute atomic E-state index is 0.0147. The van der Waals surface area contributed by atoms with Crippen molar-refractivity contribution in [1.29, 1.82) is 0 Å². The molecule has 1 N–H and O–H groups in total. The lowest BCUT2D eigenvalue weighted by Crippen LogP contribution is -2.34. The Bertz CT molecular complexity index is 908. The van der Waals surface area contributed by atoms with Crippen molar-refractivity contribution >= 4 is 33.6 Å². The largest absolute Gasteiger partial charge is 0.488 e. The van der Waals surface area contributed by atoms with E-state index in [1.165, 1.54) is 18.3 Å². The normalized spacial score (nSPS) is 13.5. The number of nitrogens with one attached hydrogen (secondary N) is 1. The molecule has 1 aromatic heterocycles. The van der Waals surface area contributed by atoms with Crippen LogP contribution in [0.15, 0.2) is 48.2 Å². The molecule has 3 rings (SSSR count). The third-order valence-corrected chi connectivity index (χ3v) is 4.75. The number of aromatic nitrogens is 1. The fourth-order valence-electron chi connectivity index (χ4n) is 2.20. The van der Waals surface area contributed by atoms with Crippen molar-refractivity contribution in [3.63, 3.8) is 0 Å². The standard InChI is InChI=1S/C16H13ClN2O4S/c17-15-6-5-11(8-18-15)10-24(21,22)19-16(20)13-7-12-3-1-2-4-14(12)23-9-13/h1-8H,9-10H2,(H,19,20). The zero-order chi connectivity index (χ0) is 17.2. The number of fused-ring (bicyclic) bond motifs is 1. The molecule has 0 spiro atoms. The quantitative estimate of drug-likeness (QED) is 0.840. The highest BCUT2D eigenvalue weighted by atomic mass is 35.5. The molecule has 1 aliphatic heterocycles. The molecular formula is C16H13ClN2O4S. The molecular weight excluding hydrogens is 352 g/mol. The van der Waals surface area contributed by atoms with Crippen LogP contribution in [0.4, 0.5) is 0 Å². The Morgan fingerprint density at radius 3 is 2.79 bits per heavy atom. The van der Waals surface area contributed by atoms with E-state index in [9.17, 15) is 13.2 Å². The van der Waals surface area contributed by atoms with Gasteiger partial charge in [0.15, 0.2) is 0 Å². The second kappa shape index (κ2) is 6.62. The van der Waals surface area contributed by atoms with Crippen LogP contribution >= 0.6 is 11.6 Å². The molecule has 0 fully saturated rings. The summed E-state index contributed by atoms with van der Waals surface area (Å²) in [5.74, 6) is -0.413. The second-order valence-electron chi connectivity index (χ2n) is 5.18. The maximum atomic E-state index is 12.2. The van der Waals surface area contributed by atoms with E-state index in [4.69, 9.17) is 16.3 Å². The average molecular weight is 365 g/mol. The first kappa shape index (κ1) is 16.5. The molecule has 0 radical (unpaired) electrons. The van der Waals surface area contributed by atoms with E-state index >= 15 is 0 Å². The molecule has 1 amide bonds. The number of amides is 1. The molecule has 6 nitrogen and oxygen atoms in total. The van der Waals surface area contributed by atoms with Gasteiger partial charge in [-0.1, -0.05) is 35.9 Å². The van der Waals surface area contributed by atoms with Crippen LogP contribution in [0.2, 0.25) is 5.15 Å². The van der Waals surface area contributed by atoms with Gasteiger partial charge in [0.25, 0.3) is 5.91 Å². The number of pyridine rings is 1. The maximum Gasteiger partial charge on any atom is 0.264 e. The van der Waals surface area contributed by atoms with Crippen LogP contribution in [0.1, 0.15) is 11.1 Å². The van der Waals surface area contributed by atoms with Crippen LogP contribution in [0.3, 0.4) is 0 Å². The fourth-order valence-corrected chi connectivity index (χ4v) is 3.41. The van der Waals surface area contributed by atoms with Crippen molar-refractivity contribution in [2.45, 2.75) is 5.75 Å². The molecule has 1 aromatic carbocycles. The minimum Gasteiger partial charge on any atom is -0.488 e. The Kier molecular flexibility index (Phi) is 4.55. The summed E-state index contributed by atoms with van der Waals surface area (Å²) < 4.78 is 31.7. The summed E-state index contributed by atoms with van der Waals surface area (Å²) in [6.07, 6.45) is 2.97. The van der Waals surface area contributed by atoms with Gasteiger partial charge in [0, 0.05) is 11.8 Å². The molecule has 2 aromatic rings. The Morgan fingerprint density at radius 1 is 1.25 bits per heavy atom. The molecule has 24 heavy (non-hydrogen) atoms. The maximum absolute atomic E-state index is 12.2. The fraction of sp³-hybridized carbons (Fsp3) is 0.125. The van der Waals surface area contributed by atoms with Gasteiger partial charge in [-0.15, -0.1) is 0 Å². The van der Waals surface area contributed by atoms with Crippen LogP contribution < -0.4 is 9.46 Å². The highest BCUT2D eigenvalue weighted by Gasteiger charge is 2.22. The first-order valence-corrected chi connectivity index (χ1v) is 9.04. The van der Waals surface area contributed by atoms with E-state index < -0.39 is 15.9 Å². The van der Waals surface area contributed by atoms with Crippen LogP contribution in [-0.4, -0.2) is 25.9 Å². The average Bonchev–Trinajstić information content (AvgIpc) is 2.56. The summed E-state index contributed by atoms with van der Waals surface area (Å²) in [7, 11) is -3.85. The van der Waals surface area contributed by atoms with Crippen LogP contribution in [0.25, 0.3) is 6.08 Å². The molecule has 2 heterocycles. The lowest BCUT2D eigenvalue weighted by molar-refractivity contribution is -0.116. The number of benzene rings is 1. The summed E-state index contributed by atoms with van der Waals surface area (Å²) in [6.45, 7) is 0.0147. The molecule has 0 saturated heterocycles. The van der Waals surface area contributed by atoms with Crippen molar-refractivity contribution in [2.75, 3.05) is 6.61 Å². The molecule has 8 heteroatoms. The summed E-state index contributed by atoms with van der Waals surface area (Å²) in [4.78, 5) is 16.0. The van der Waals surface area contributed by atoms with Gasteiger partial charge < -0.3 is 4.74 Å². The number of carbonyl (C=O) groups excluding carboxylic acids is 1. The molecule has 124 valence electrons. The van der Waals surface area contributed by atoms with E-state index in [0.717, 1.165) is 5.56 Å². The predicted octanol–water partition coefficient (Wildman–Crippen LogP) is 2.16.